The van der Waals surface area contributed by atoms with Crippen molar-refractivity contribution in [2.45, 2.75) is 52.0 Å². The Hall–Kier alpha value is -2.30. The molecule has 4 nitrogen and oxygen atoms in total. The predicted molar refractivity (Wildman–Crippen MR) is 126 cm³/mol. The molecule has 0 unspecified atom stereocenters. The van der Waals surface area contributed by atoms with Gasteiger partial charge in [0.1, 0.15) is 5.75 Å². The summed E-state index contributed by atoms with van der Waals surface area (Å²) in [7, 11) is 0. The van der Waals surface area contributed by atoms with Crippen LogP contribution in [0.3, 0.4) is 0 Å². The lowest BCUT2D eigenvalue weighted by Crippen LogP contribution is -2.29. The number of benzene rings is 2. The van der Waals surface area contributed by atoms with E-state index in [0.717, 1.165) is 47.5 Å². The van der Waals surface area contributed by atoms with Crippen LogP contribution in [0, 0.1) is 0 Å². The monoisotopic (exact) mass is 423 g/mol. The molecular weight excluding hydrogens is 394 g/mol. The van der Waals surface area contributed by atoms with Crippen molar-refractivity contribution in [3.05, 3.63) is 58.7 Å². The molecule has 5 heteroatoms. The highest BCUT2D eigenvalue weighted by atomic mass is 35.5. The molecule has 1 saturated heterocycles. The van der Waals surface area contributed by atoms with Crippen LogP contribution >= 0.6 is 11.6 Å². The number of anilines is 2. The fraction of sp³-hybridized carbons (Fsp3) is 0.400. The predicted octanol–water partition coefficient (Wildman–Crippen LogP) is 6.62. The minimum absolute atomic E-state index is 0.160. The van der Waals surface area contributed by atoms with Gasteiger partial charge in [0, 0.05) is 34.4 Å². The number of piperidine rings is 1. The van der Waals surface area contributed by atoms with Gasteiger partial charge in [-0.2, -0.15) is 0 Å². The first-order chi connectivity index (χ1) is 14.3. The fourth-order valence-corrected chi connectivity index (χ4v) is 4.37. The summed E-state index contributed by atoms with van der Waals surface area (Å²) >= 11 is 6.14. The normalized spacial score (nSPS) is 15.5. The van der Waals surface area contributed by atoms with E-state index in [9.17, 15) is 5.11 Å². The smallest absolute Gasteiger partial charge is 0.142 e. The highest BCUT2D eigenvalue weighted by Crippen LogP contribution is 2.40. The Balaban J connectivity index is 1.74. The molecule has 2 aromatic carbocycles. The van der Waals surface area contributed by atoms with Crippen molar-refractivity contribution in [3.63, 3.8) is 0 Å². The molecule has 2 N–H and O–H groups in total. The zero-order valence-corrected chi connectivity index (χ0v) is 18.8. The third kappa shape index (κ3) is 4.55. The number of phenols is 1. The highest BCUT2D eigenvalue weighted by Gasteiger charge is 2.23. The number of likely N-dealkylation sites (tertiary alicyclic amines) is 1. The number of halogens is 1. The minimum Gasteiger partial charge on any atom is -0.505 e. The third-order valence-corrected chi connectivity index (χ3v) is 6.04. The van der Waals surface area contributed by atoms with Crippen LogP contribution in [-0.2, 0) is 12.0 Å². The Bertz CT molecular complexity index is 1050. The standard InChI is InChI=1S/C25H30ClN3O/c1-25(2,3)20-13-17(16-29-11-5-4-6-12-29)14-23(24(20)30)28-21-9-10-27-22-15-18(26)7-8-19(21)22/h7-10,13-15,30H,4-6,11-12,16H2,1-3H3,(H,27,28). The summed E-state index contributed by atoms with van der Waals surface area (Å²) in [6, 6.07) is 11.9. The number of fused-ring (bicyclic) bond motifs is 1. The van der Waals surface area contributed by atoms with Gasteiger partial charge in [-0.05, 0) is 67.2 Å². The Kier molecular flexibility index (Phi) is 5.90. The average molecular weight is 424 g/mol. The second-order valence-electron chi connectivity index (χ2n) is 9.27. The number of nitrogens with one attached hydrogen (secondary N) is 1. The molecule has 4 rings (SSSR count). The van der Waals surface area contributed by atoms with Crippen LogP contribution in [-0.4, -0.2) is 28.1 Å². The molecule has 1 fully saturated rings. The molecule has 1 aliphatic heterocycles. The molecule has 30 heavy (non-hydrogen) atoms. The van der Waals surface area contributed by atoms with Gasteiger partial charge in [0.2, 0.25) is 0 Å². The van der Waals surface area contributed by atoms with Gasteiger partial charge in [0.15, 0.2) is 0 Å². The van der Waals surface area contributed by atoms with E-state index < -0.39 is 0 Å². The van der Waals surface area contributed by atoms with Crippen molar-refractivity contribution in [3.8, 4) is 5.75 Å². The summed E-state index contributed by atoms with van der Waals surface area (Å²) in [5, 5.41) is 16.2. The van der Waals surface area contributed by atoms with E-state index in [-0.39, 0.29) is 5.41 Å². The molecular formula is C25H30ClN3O. The summed E-state index contributed by atoms with van der Waals surface area (Å²) in [5.74, 6) is 0.309. The number of phenolic OH excluding ortho intramolecular Hbond substituents is 1. The number of hydrogen-bond donors (Lipinski definition) is 2. The van der Waals surface area contributed by atoms with E-state index in [4.69, 9.17) is 11.6 Å². The molecule has 158 valence electrons. The first-order valence-electron chi connectivity index (χ1n) is 10.7. The molecule has 2 heterocycles. The van der Waals surface area contributed by atoms with Gasteiger partial charge in [0.25, 0.3) is 0 Å². The van der Waals surface area contributed by atoms with Gasteiger partial charge in [-0.25, -0.2) is 0 Å². The molecule has 0 saturated carbocycles. The van der Waals surface area contributed by atoms with Crippen LogP contribution in [0.25, 0.3) is 10.9 Å². The second kappa shape index (κ2) is 8.44. The van der Waals surface area contributed by atoms with Gasteiger partial charge in [-0.15, -0.1) is 0 Å². The summed E-state index contributed by atoms with van der Waals surface area (Å²) in [5.41, 5.74) is 4.49. The lowest BCUT2D eigenvalue weighted by Gasteiger charge is -2.28. The van der Waals surface area contributed by atoms with Crippen LogP contribution in [0.1, 0.15) is 51.2 Å². The summed E-state index contributed by atoms with van der Waals surface area (Å²) in [4.78, 5) is 6.93. The van der Waals surface area contributed by atoms with Gasteiger partial charge in [-0.3, -0.25) is 9.88 Å². The topological polar surface area (TPSA) is 48.4 Å². The lowest BCUT2D eigenvalue weighted by molar-refractivity contribution is 0.221. The molecule has 0 atom stereocenters. The van der Waals surface area contributed by atoms with Crippen molar-refractivity contribution >= 4 is 33.9 Å². The Morgan fingerprint density at radius 3 is 2.53 bits per heavy atom. The van der Waals surface area contributed by atoms with Crippen LogP contribution in [0.15, 0.2) is 42.6 Å². The van der Waals surface area contributed by atoms with Crippen molar-refractivity contribution in [2.75, 3.05) is 18.4 Å². The summed E-state index contributed by atoms with van der Waals surface area (Å²) in [6.07, 6.45) is 5.62. The molecule has 0 amide bonds. The number of rotatable bonds is 4. The zero-order chi connectivity index (χ0) is 21.3. The van der Waals surface area contributed by atoms with Gasteiger partial charge in [0.05, 0.1) is 11.2 Å². The maximum Gasteiger partial charge on any atom is 0.142 e. The van der Waals surface area contributed by atoms with E-state index in [1.165, 1.54) is 24.8 Å². The average Bonchev–Trinajstić information content (AvgIpc) is 2.70. The summed E-state index contributed by atoms with van der Waals surface area (Å²) < 4.78 is 0. The minimum atomic E-state index is -0.160. The molecule has 0 radical (unpaired) electrons. The van der Waals surface area contributed by atoms with Crippen molar-refractivity contribution < 1.29 is 5.11 Å². The molecule has 1 aromatic heterocycles. The maximum atomic E-state index is 11.1. The summed E-state index contributed by atoms with van der Waals surface area (Å²) in [6.45, 7) is 9.61. The highest BCUT2D eigenvalue weighted by molar-refractivity contribution is 6.31. The number of hydrogen-bond acceptors (Lipinski definition) is 4. The van der Waals surface area contributed by atoms with E-state index in [2.05, 4.69) is 48.1 Å². The largest absolute Gasteiger partial charge is 0.505 e. The van der Waals surface area contributed by atoms with Crippen molar-refractivity contribution in [1.29, 1.82) is 0 Å². The van der Waals surface area contributed by atoms with Crippen molar-refractivity contribution in [1.82, 2.24) is 9.88 Å². The number of aromatic nitrogens is 1. The molecule has 0 spiro atoms. The van der Waals surface area contributed by atoms with E-state index in [1.54, 1.807) is 6.20 Å². The number of aromatic hydroxyl groups is 1. The molecule has 1 aliphatic rings. The van der Waals surface area contributed by atoms with Crippen LogP contribution < -0.4 is 5.32 Å². The zero-order valence-electron chi connectivity index (χ0n) is 18.0. The van der Waals surface area contributed by atoms with E-state index in [1.807, 2.05) is 24.3 Å². The van der Waals surface area contributed by atoms with Crippen LogP contribution in [0.2, 0.25) is 5.02 Å². The van der Waals surface area contributed by atoms with Gasteiger partial charge in [-0.1, -0.05) is 44.9 Å². The first-order valence-corrected chi connectivity index (χ1v) is 11.1. The van der Waals surface area contributed by atoms with Crippen LogP contribution in [0.5, 0.6) is 5.75 Å². The van der Waals surface area contributed by atoms with Crippen molar-refractivity contribution in [2.24, 2.45) is 0 Å². The second-order valence-corrected chi connectivity index (χ2v) is 9.71. The SMILES string of the molecule is CC(C)(C)c1cc(CN2CCCCC2)cc(Nc2ccnc3cc(Cl)ccc23)c1O. The Morgan fingerprint density at radius 2 is 1.80 bits per heavy atom. The van der Waals surface area contributed by atoms with Gasteiger partial charge < -0.3 is 10.4 Å². The molecule has 0 aliphatic carbocycles. The molecule has 3 aromatic rings. The first kappa shape index (κ1) is 21.0. The van der Waals surface area contributed by atoms with E-state index in [0.29, 0.717) is 10.8 Å². The lowest BCUT2D eigenvalue weighted by atomic mass is 9.84. The third-order valence-electron chi connectivity index (χ3n) is 5.81. The maximum absolute atomic E-state index is 11.1. The number of pyridine rings is 1. The quantitative estimate of drug-likeness (QED) is 0.463. The van der Waals surface area contributed by atoms with Crippen LogP contribution in [0.4, 0.5) is 11.4 Å². The Morgan fingerprint density at radius 1 is 1.03 bits per heavy atom. The molecule has 0 bridgehead atoms. The fourth-order valence-electron chi connectivity index (χ4n) is 4.20. The number of nitrogens with zero attached hydrogens (tertiary/aromatic N) is 2. The van der Waals surface area contributed by atoms with Gasteiger partial charge >= 0.3 is 0 Å². The van der Waals surface area contributed by atoms with E-state index >= 15 is 0 Å². The Labute approximate surface area is 183 Å².